The molecule has 0 N–H and O–H groups in total. The highest BCUT2D eigenvalue weighted by atomic mass is 35.5. The Morgan fingerprint density at radius 2 is 1.84 bits per heavy atom. The molecule has 226 valence electrons. The molecule has 1 unspecified atom stereocenters. The molecule has 0 fully saturated rings. The molecule has 0 saturated heterocycles. The molecule has 9 nitrogen and oxygen atoms in total. The van der Waals surface area contributed by atoms with E-state index in [9.17, 15) is 14.9 Å². The molecule has 45 heavy (non-hydrogen) atoms. The van der Waals surface area contributed by atoms with Crippen LogP contribution in [0.4, 0.5) is 5.69 Å². The number of allylic oxidation sites excluding steroid dienone is 1. The summed E-state index contributed by atoms with van der Waals surface area (Å²) in [6, 6.07) is 19.3. The predicted molar refractivity (Wildman–Crippen MR) is 173 cm³/mol. The Balaban J connectivity index is 1.40. The maximum atomic E-state index is 14.2. The molecule has 3 heterocycles. The highest BCUT2D eigenvalue weighted by Crippen LogP contribution is 2.44. The molecule has 2 aromatic heterocycles. The number of nitro groups is 1. The molecule has 0 saturated carbocycles. The quantitative estimate of drug-likeness (QED) is 0.146. The summed E-state index contributed by atoms with van der Waals surface area (Å²) in [4.78, 5) is 30.4. The molecule has 0 bridgehead atoms. The van der Waals surface area contributed by atoms with Crippen LogP contribution in [0.1, 0.15) is 34.9 Å². The van der Waals surface area contributed by atoms with Gasteiger partial charge in [-0.3, -0.25) is 19.5 Å². The summed E-state index contributed by atoms with van der Waals surface area (Å²) in [5, 5.41) is 11.3. The highest BCUT2D eigenvalue weighted by Gasteiger charge is 2.34. The average Bonchev–Trinajstić information content (AvgIpc) is 3.64. The van der Waals surface area contributed by atoms with E-state index in [1.165, 1.54) is 29.0 Å². The van der Waals surface area contributed by atoms with Crippen molar-refractivity contribution < 1.29 is 18.8 Å². The molecule has 1 aliphatic carbocycles. The minimum absolute atomic E-state index is 0.0656. The predicted octanol–water partition coefficient (Wildman–Crippen LogP) is 6.81. The second kappa shape index (κ2) is 11.4. The normalized spacial score (nSPS) is 15.6. The molecule has 1 aliphatic heterocycles. The van der Waals surface area contributed by atoms with Crippen LogP contribution in [-0.2, 0) is 6.42 Å². The molecule has 1 atom stereocenters. The van der Waals surface area contributed by atoms with Crippen LogP contribution in [0.2, 0.25) is 10.0 Å². The van der Waals surface area contributed by atoms with Crippen LogP contribution >= 0.6 is 34.5 Å². The number of aryl methyl sites for hydroxylation is 1. The number of fused-ring (bicyclic) bond motifs is 3. The number of thiazole rings is 1. The van der Waals surface area contributed by atoms with Gasteiger partial charge in [-0.25, -0.2) is 4.99 Å². The summed E-state index contributed by atoms with van der Waals surface area (Å²) >= 11 is 13.7. The van der Waals surface area contributed by atoms with Gasteiger partial charge in [-0.15, -0.1) is 0 Å². The van der Waals surface area contributed by atoms with Gasteiger partial charge < -0.3 is 13.9 Å². The van der Waals surface area contributed by atoms with Crippen LogP contribution in [0.3, 0.4) is 0 Å². The number of halogens is 2. The van der Waals surface area contributed by atoms with Gasteiger partial charge in [0, 0.05) is 28.8 Å². The highest BCUT2D eigenvalue weighted by molar-refractivity contribution is 7.07. The number of aromatic nitrogens is 1. The number of nitro benzene ring substituents is 1. The first kappa shape index (κ1) is 29.1. The number of hydrogen-bond donors (Lipinski definition) is 0. The zero-order valence-corrected chi connectivity index (χ0v) is 26.2. The lowest BCUT2D eigenvalue weighted by molar-refractivity contribution is -0.384. The van der Waals surface area contributed by atoms with Gasteiger partial charge in [-0.1, -0.05) is 58.8 Å². The van der Waals surface area contributed by atoms with Crippen LogP contribution in [0.5, 0.6) is 11.5 Å². The van der Waals surface area contributed by atoms with Crippen molar-refractivity contribution in [1.29, 1.82) is 0 Å². The summed E-state index contributed by atoms with van der Waals surface area (Å²) < 4.78 is 19.5. The van der Waals surface area contributed by atoms with Crippen LogP contribution in [0, 0.1) is 10.1 Å². The lowest BCUT2D eigenvalue weighted by atomic mass is 9.83. The van der Waals surface area contributed by atoms with Crippen molar-refractivity contribution in [3.8, 4) is 22.8 Å². The van der Waals surface area contributed by atoms with Crippen LogP contribution in [-0.4, -0.2) is 23.7 Å². The van der Waals surface area contributed by atoms with Crippen molar-refractivity contribution in [2.24, 2.45) is 4.99 Å². The Morgan fingerprint density at radius 3 is 2.62 bits per heavy atom. The zero-order chi connectivity index (χ0) is 31.4. The maximum Gasteiger partial charge on any atom is 0.289 e. The van der Waals surface area contributed by atoms with E-state index < -0.39 is 11.0 Å². The number of rotatable bonds is 6. The largest absolute Gasteiger partial charge is 0.497 e. The lowest BCUT2D eigenvalue weighted by Gasteiger charge is -2.31. The van der Waals surface area contributed by atoms with Gasteiger partial charge in [0.2, 0.25) is 0 Å². The van der Waals surface area contributed by atoms with E-state index in [0.29, 0.717) is 37.9 Å². The number of furan rings is 1. The first-order chi connectivity index (χ1) is 21.8. The second-order valence-corrected chi connectivity index (χ2v) is 12.3. The van der Waals surface area contributed by atoms with Gasteiger partial charge in [-0.05, 0) is 60.4 Å². The smallest absolute Gasteiger partial charge is 0.289 e. The Kier molecular flexibility index (Phi) is 7.35. The number of hydrogen-bond acceptors (Lipinski definition) is 8. The molecule has 0 spiro atoms. The molecule has 0 radical (unpaired) electrons. The standard InChI is InChI=1S/C33H23Cl2N3O6S/c1-42-18-8-11-27(43-2)23(13-18)31-21-10-7-17-5-3-4-6-20(17)30(21)36-33-37(31)32(39)29(45-33)14-19-9-12-28(44-19)22-15-25(35)26(38(40)41)16-24(22)34/h3-6,8-9,11-16,31H,7,10H2,1-2H3. The molecule has 3 aromatic carbocycles. The van der Waals surface area contributed by atoms with E-state index in [2.05, 4.69) is 12.1 Å². The Bertz CT molecular complexity index is 2250. The molecule has 12 heteroatoms. The number of methoxy groups -OCH3 is 2. The molecular formula is C33H23Cl2N3O6S. The van der Waals surface area contributed by atoms with Crippen LogP contribution < -0.4 is 24.4 Å². The minimum atomic E-state index is -0.601. The Labute approximate surface area is 270 Å². The zero-order valence-electron chi connectivity index (χ0n) is 23.9. The summed E-state index contributed by atoms with van der Waals surface area (Å²) in [5.74, 6) is 2.03. The van der Waals surface area contributed by atoms with Crippen LogP contribution in [0.15, 0.2) is 86.5 Å². The number of ether oxygens (including phenoxy) is 2. The Morgan fingerprint density at radius 1 is 1.02 bits per heavy atom. The first-order valence-corrected chi connectivity index (χ1v) is 15.4. The monoisotopic (exact) mass is 659 g/mol. The summed E-state index contributed by atoms with van der Waals surface area (Å²) in [6.45, 7) is 0. The lowest BCUT2D eigenvalue weighted by Crippen LogP contribution is -2.39. The van der Waals surface area contributed by atoms with Gasteiger partial charge in [0.15, 0.2) is 4.80 Å². The number of nitrogens with zero attached hydrogens (tertiary/aromatic N) is 3. The minimum Gasteiger partial charge on any atom is -0.497 e. The topological polar surface area (TPSA) is 109 Å². The molecule has 7 rings (SSSR count). The average molecular weight is 661 g/mol. The molecule has 2 aliphatic rings. The van der Waals surface area contributed by atoms with E-state index >= 15 is 0 Å². The molecular weight excluding hydrogens is 637 g/mol. The van der Waals surface area contributed by atoms with E-state index in [1.54, 1.807) is 37.0 Å². The fourth-order valence-corrected chi connectivity index (χ4v) is 7.39. The SMILES string of the molecule is COc1ccc(OC)c(C2C3=C(N=c4sc(=Cc5ccc(-c6cc(Cl)c([N+](=O)[O-])cc6Cl)o5)c(=O)n42)c2ccccc2CC3)c1. The third-order valence-electron chi connectivity index (χ3n) is 8.00. The van der Waals surface area contributed by atoms with Crippen LogP contribution in [0.25, 0.3) is 23.1 Å². The van der Waals surface area contributed by atoms with E-state index in [0.717, 1.165) is 35.2 Å². The fourth-order valence-electron chi connectivity index (χ4n) is 5.92. The first-order valence-electron chi connectivity index (χ1n) is 13.9. The summed E-state index contributed by atoms with van der Waals surface area (Å²) in [7, 11) is 3.22. The summed E-state index contributed by atoms with van der Waals surface area (Å²) in [5.41, 5.74) is 4.83. The summed E-state index contributed by atoms with van der Waals surface area (Å²) in [6.07, 6.45) is 3.21. The van der Waals surface area contributed by atoms with Crippen molar-refractivity contribution >= 4 is 52.0 Å². The van der Waals surface area contributed by atoms with Crippen molar-refractivity contribution in [3.05, 3.63) is 135 Å². The fraction of sp³-hybridized carbons (Fsp3) is 0.152. The van der Waals surface area contributed by atoms with Gasteiger partial charge in [0.25, 0.3) is 11.2 Å². The third kappa shape index (κ3) is 4.95. The van der Waals surface area contributed by atoms with E-state index in [-0.39, 0.29) is 21.3 Å². The van der Waals surface area contributed by atoms with Gasteiger partial charge in [-0.2, -0.15) is 0 Å². The van der Waals surface area contributed by atoms with E-state index in [4.69, 9.17) is 42.1 Å². The maximum absolute atomic E-state index is 14.2. The van der Waals surface area contributed by atoms with Gasteiger partial charge in [0.1, 0.15) is 28.0 Å². The molecule has 5 aromatic rings. The molecule has 0 amide bonds. The third-order valence-corrected chi connectivity index (χ3v) is 9.60. The van der Waals surface area contributed by atoms with Gasteiger partial charge in [0.05, 0.1) is 40.4 Å². The second-order valence-electron chi connectivity index (χ2n) is 10.5. The van der Waals surface area contributed by atoms with Crippen molar-refractivity contribution in [3.63, 3.8) is 0 Å². The Hall–Kier alpha value is -4.64. The van der Waals surface area contributed by atoms with Gasteiger partial charge >= 0.3 is 0 Å². The number of benzene rings is 3. The van der Waals surface area contributed by atoms with Crippen molar-refractivity contribution in [2.75, 3.05) is 14.2 Å². The van der Waals surface area contributed by atoms with Crippen molar-refractivity contribution in [2.45, 2.75) is 18.9 Å². The van der Waals surface area contributed by atoms with Crippen molar-refractivity contribution in [1.82, 2.24) is 4.57 Å². The van der Waals surface area contributed by atoms with E-state index in [1.807, 2.05) is 30.3 Å².